The van der Waals surface area contributed by atoms with Crippen molar-refractivity contribution in [3.63, 3.8) is 0 Å². The molecule has 0 aromatic heterocycles. The van der Waals surface area contributed by atoms with Gasteiger partial charge in [-0.25, -0.2) is 0 Å². The summed E-state index contributed by atoms with van der Waals surface area (Å²) in [6, 6.07) is 0. The molecule has 1 aliphatic rings. The molecule has 0 spiro atoms. The lowest BCUT2D eigenvalue weighted by atomic mass is 10.1. The topological polar surface area (TPSA) is 46.3 Å². The fraction of sp³-hybridized carbons (Fsp3) is 0.875. The minimum Gasteiger partial charge on any atom is -0.342 e. The van der Waals surface area contributed by atoms with E-state index in [4.69, 9.17) is 5.73 Å². The maximum Gasteiger partial charge on any atom is 0.222 e. The smallest absolute Gasteiger partial charge is 0.222 e. The molecule has 3 nitrogen and oxygen atoms in total. The van der Waals surface area contributed by atoms with Crippen LogP contribution in [-0.4, -0.2) is 36.2 Å². The third-order valence-corrected chi connectivity index (χ3v) is 2.70. The highest BCUT2D eigenvalue weighted by atomic mass is 32.1. The molecular formula is C8H16N2OS. The fourth-order valence-corrected chi connectivity index (χ4v) is 1.72. The van der Waals surface area contributed by atoms with Gasteiger partial charge in [0.05, 0.1) is 0 Å². The van der Waals surface area contributed by atoms with Crippen LogP contribution in [-0.2, 0) is 4.79 Å². The monoisotopic (exact) mass is 188 g/mol. The molecular weight excluding hydrogens is 172 g/mol. The maximum absolute atomic E-state index is 11.3. The van der Waals surface area contributed by atoms with Crippen LogP contribution in [0.5, 0.6) is 0 Å². The second-order valence-corrected chi connectivity index (χ2v) is 3.60. The molecule has 0 radical (unpaired) electrons. The lowest BCUT2D eigenvalue weighted by Gasteiger charge is -2.15. The van der Waals surface area contributed by atoms with Gasteiger partial charge in [0.2, 0.25) is 5.91 Å². The van der Waals surface area contributed by atoms with E-state index in [0.29, 0.717) is 18.9 Å². The summed E-state index contributed by atoms with van der Waals surface area (Å²) in [5, 5.41) is 0. The number of likely N-dealkylation sites (tertiary alicyclic amines) is 1. The molecule has 0 bridgehead atoms. The van der Waals surface area contributed by atoms with Gasteiger partial charge in [0.25, 0.3) is 0 Å². The van der Waals surface area contributed by atoms with Gasteiger partial charge >= 0.3 is 0 Å². The van der Waals surface area contributed by atoms with Crippen molar-refractivity contribution in [1.29, 1.82) is 0 Å². The van der Waals surface area contributed by atoms with E-state index in [0.717, 1.165) is 25.3 Å². The standard InChI is InChI=1S/C8H16N2OS/c9-2-1-3-10-5-7(6-12)4-8(10)11/h7,12H,1-6,9H2. The normalized spacial score (nSPS) is 23.7. The Balaban J connectivity index is 2.31. The molecule has 1 saturated heterocycles. The molecule has 1 atom stereocenters. The van der Waals surface area contributed by atoms with Crippen LogP contribution in [0.3, 0.4) is 0 Å². The van der Waals surface area contributed by atoms with Crippen LogP contribution in [0.25, 0.3) is 0 Å². The first kappa shape index (κ1) is 9.86. The first-order valence-electron chi connectivity index (χ1n) is 4.36. The number of thiol groups is 1. The number of hydrogen-bond donors (Lipinski definition) is 2. The molecule has 0 aromatic carbocycles. The Morgan fingerprint density at radius 3 is 2.92 bits per heavy atom. The van der Waals surface area contributed by atoms with Crippen LogP contribution >= 0.6 is 12.6 Å². The third kappa shape index (κ3) is 2.38. The highest BCUT2D eigenvalue weighted by Gasteiger charge is 2.27. The Bertz CT molecular complexity index is 163. The predicted molar refractivity (Wildman–Crippen MR) is 52.2 cm³/mol. The Kier molecular flexibility index (Phi) is 3.88. The second kappa shape index (κ2) is 4.72. The zero-order valence-corrected chi connectivity index (χ0v) is 8.09. The Morgan fingerprint density at radius 2 is 2.42 bits per heavy atom. The SMILES string of the molecule is NCCCN1CC(CS)CC1=O. The molecule has 0 saturated carbocycles. The number of hydrogen-bond acceptors (Lipinski definition) is 3. The van der Waals surface area contributed by atoms with Crippen LogP contribution in [0.4, 0.5) is 0 Å². The summed E-state index contributed by atoms with van der Waals surface area (Å²) in [5.74, 6) is 1.53. The first-order chi connectivity index (χ1) is 5.77. The Labute approximate surface area is 78.7 Å². The molecule has 0 aromatic rings. The molecule has 1 unspecified atom stereocenters. The zero-order chi connectivity index (χ0) is 8.97. The maximum atomic E-state index is 11.3. The number of nitrogens with zero attached hydrogens (tertiary/aromatic N) is 1. The molecule has 70 valence electrons. The van der Waals surface area contributed by atoms with Gasteiger partial charge in [-0.15, -0.1) is 0 Å². The van der Waals surface area contributed by atoms with E-state index in [9.17, 15) is 4.79 Å². The lowest BCUT2D eigenvalue weighted by Crippen LogP contribution is -2.27. The summed E-state index contributed by atoms with van der Waals surface area (Å²) in [7, 11) is 0. The van der Waals surface area contributed by atoms with E-state index in [1.807, 2.05) is 4.90 Å². The van der Waals surface area contributed by atoms with Crippen molar-refractivity contribution in [3.05, 3.63) is 0 Å². The van der Waals surface area contributed by atoms with Gasteiger partial charge in [-0.1, -0.05) is 0 Å². The van der Waals surface area contributed by atoms with E-state index in [1.54, 1.807) is 0 Å². The summed E-state index contributed by atoms with van der Waals surface area (Å²) in [5.41, 5.74) is 5.37. The number of carbonyl (C=O) groups is 1. The summed E-state index contributed by atoms with van der Waals surface area (Å²) < 4.78 is 0. The van der Waals surface area contributed by atoms with E-state index in [-0.39, 0.29) is 5.91 Å². The molecule has 0 aliphatic carbocycles. The van der Waals surface area contributed by atoms with Gasteiger partial charge in [0.15, 0.2) is 0 Å². The van der Waals surface area contributed by atoms with E-state index < -0.39 is 0 Å². The van der Waals surface area contributed by atoms with Crippen LogP contribution in [0.2, 0.25) is 0 Å². The van der Waals surface area contributed by atoms with E-state index in [1.165, 1.54) is 0 Å². The molecule has 1 fully saturated rings. The van der Waals surface area contributed by atoms with Crippen LogP contribution in [0.1, 0.15) is 12.8 Å². The van der Waals surface area contributed by atoms with Crippen LogP contribution in [0, 0.1) is 5.92 Å². The Hall–Kier alpha value is -0.220. The summed E-state index contributed by atoms with van der Waals surface area (Å²) in [6.07, 6.45) is 1.58. The van der Waals surface area contributed by atoms with Crippen molar-refractivity contribution >= 4 is 18.5 Å². The van der Waals surface area contributed by atoms with Gasteiger partial charge in [-0.3, -0.25) is 4.79 Å². The van der Waals surface area contributed by atoms with E-state index >= 15 is 0 Å². The largest absolute Gasteiger partial charge is 0.342 e. The molecule has 2 N–H and O–H groups in total. The summed E-state index contributed by atoms with van der Waals surface area (Å²) in [6.45, 7) is 2.36. The average Bonchev–Trinajstić information content (AvgIpc) is 2.43. The second-order valence-electron chi connectivity index (χ2n) is 3.23. The molecule has 1 aliphatic heterocycles. The number of carbonyl (C=O) groups excluding carboxylic acids is 1. The van der Waals surface area contributed by atoms with Gasteiger partial charge in [0, 0.05) is 19.5 Å². The Morgan fingerprint density at radius 1 is 1.67 bits per heavy atom. The van der Waals surface area contributed by atoms with E-state index in [2.05, 4.69) is 12.6 Å². The van der Waals surface area contributed by atoms with Gasteiger partial charge in [-0.05, 0) is 24.6 Å². The molecule has 1 amide bonds. The minimum atomic E-state index is 0.266. The number of amides is 1. The average molecular weight is 188 g/mol. The van der Waals surface area contributed by atoms with Crippen LogP contribution < -0.4 is 5.73 Å². The van der Waals surface area contributed by atoms with Crippen molar-refractivity contribution in [2.75, 3.05) is 25.4 Å². The van der Waals surface area contributed by atoms with Gasteiger partial charge < -0.3 is 10.6 Å². The highest BCUT2D eigenvalue weighted by molar-refractivity contribution is 7.80. The minimum absolute atomic E-state index is 0.266. The summed E-state index contributed by atoms with van der Waals surface area (Å²) in [4.78, 5) is 13.2. The van der Waals surface area contributed by atoms with Crippen molar-refractivity contribution < 1.29 is 4.79 Å². The molecule has 12 heavy (non-hydrogen) atoms. The molecule has 1 heterocycles. The molecule has 1 rings (SSSR count). The van der Waals surface area contributed by atoms with Crippen molar-refractivity contribution in [2.45, 2.75) is 12.8 Å². The lowest BCUT2D eigenvalue weighted by molar-refractivity contribution is -0.127. The van der Waals surface area contributed by atoms with Gasteiger partial charge in [-0.2, -0.15) is 12.6 Å². The predicted octanol–water partition coefficient (Wildman–Crippen LogP) is 0.114. The zero-order valence-electron chi connectivity index (χ0n) is 7.20. The highest BCUT2D eigenvalue weighted by Crippen LogP contribution is 2.18. The first-order valence-corrected chi connectivity index (χ1v) is 5.00. The number of rotatable bonds is 4. The third-order valence-electron chi connectivity index (χ3n) is 2.18. The van der Waals surface area contributed by atoms with Crippen molar-refractivity contribution in [2.24, 2.45) is 11.7 Å². The summed E-state index contributed by atoms with van der Waals surface area (Å²) >= 11 is 4.18. The van der Waals surface area contributed by atoms with Crippen molar-refractivity contribution in [3.8, 4) is 0 Å². The number of nitrogens with two attached hydrogens (primary N) is 1. The van der Waals surface area contributed by atoms with Gasteiger partial charge in [0.1, 0.15) is 0 Å². The quantitative estimate of drug-likeness (QED) is 0.615. The van der Waals surface area contributed by atoms with Crippen LogP contribution in [0.15, 0.2) is 0 Å². The molecule has 4 heteroatoms. The fourth-order valence-electron chi connectivity index (χ4n) is 1.47. The van der Waals surface area contributed by atoms with Crippen molar-refractivity contribution in [1.82, 2.24) is 4.90 Å².